The number of nitrogens with one attached hydrogen (secondary N) is 1. The van der Waals surface area contributed by atoms with Crippen molar-refractivity contribution in [2.24, 2.45) is 0 Å². The third-order valence-corrected chi connectivity index (χ3v) is 7.84. The normalized spacial score (nSPS) is 21.4. The van der Waals surface area contributed by atoms with Crippen molar-refractivity contribution in [2.75, 3.05) is 12.4 Å². The van der Waals surface area contributed by atoms with Crippen LogP contribution in [0.3, 0.4) is 0 Å². The van der Waals surface area contributed by atoms with Crippen LogP contribution in [0, 0.1) is 0 Å². The molecule has 1 aromatic heterocycles. The second-order valence-electron chi connectivity index (χ2n) is 8.27. The Kier molecular flexibility index (Phi) is 8.91. The fourth-order valence-electron chi connectivity index (χ4n) is 3.98. The van der Waals surface area contributed by atoms with Crippen LogP contribution in [0.25, 0.3) is 0 Å². The van der Waals surface area contributed by atoms with Gasteiger partial charge < -0.3 is 20.0 Å². The number of carbonyl (C=O) groups is 4. The molecule has 0 bridgehead atoms. The largest absolute Gasteiger partial charge is 1.00 e. The van der Waals surface area contributed by atoms with E-state index >= 15 is 0 Å². The summed E-state index contributed by atoms with van der Waals surface area (Å²) in [5, 5.41) is 17.1. The number of esters is 1. The molecule has 10 nitrogen and oxygen atoms in total. The summed E-state index contributed by atoms with van der Waals surface area (Å²) in [4.78, 5) is 48.8. The number of carbonyl (C=O) groups excluding carboxylic acids is 4. The Morgan fingerprint density at radius 3 is 2.53 bits per heavy atom. The zero-order chi connectivity index (χ0) is 25.7. The predicted molar refractivity (Wildman–Crippen MR) is 115 cm³/mol. The minimum Gasteiger partial charge on any atom is -0.543 e. The maximum absolute atomic E-state index is 13.3. The number of nitrogens with zero attached hydrogens (tertiary/aromatic N) is 3. The van der Waals surface area contributed by atoms with Gasteiger partial charge in [0.1, 0.15) is 18.0 Å². The second-order valence-corrected chi connectivity index (χ2v) is 10.2. The van der Waals surface area contributed by atoms with Crippen LogP contribution in [0.2, 0.25) is 0 Å². The molecular weight excluding hydrogens is 584 g/mol. The fourth-order valence-corrected chi connectivity index (χ4v) is 6.14. The summed E-state index contributed by atoms with van der Waals surface area (Å²) < 4.78 is 45.6. The average molecular weight is 603 g/mol. The summed E-state index contributed by atoms with van der Waals surface area (Å²) in [6.45, 7) is 0.741. The number of hydrogen-bond acceptors (Lipinski definition) is 8. The van der Waals surface area contributed by atoms with E-state index < -0.39 is 47.0 Å². The SMILES string of the molecule is CC(=O)OCC1=C(C(=O)[O-])N2C(=O)C(NC(=O)CCn3nc(C(F)(F)F)c(Br)c3C3CC3)C2SC1.[Na+]. The minimum absolute atomic E-state index is 0. The molecule has 1 saturated carbocycles. The zero-order valence-electron chi connectivity index (χ0n) is 19.2. The number of alkyl halides is 3. The van der Waals surface area contributed by atoms with E-state index in [1.54, 1.807) is 0 Å². The summed E-state index contributed by atoms with van der Waals surface area (Å²) in [7, 11) is 0. The Labute approximate surface area is 237 Å². The van der Waals surface area contributed by atoms with Crippen LogP contribution in [-0.2, 0) is 36.6 Å². The number of amides is 2. The van der Waals surface area contributed by atoms with Gasteiger partial charge >= 0.3 is 41.7 Å². The summed E-state index contributed by atoms with van der Waals surface area (Å²) in [5.74, 6) is -3.40. The van der Waals surface area contributed by atoms with Crippen molar-refractivity contribution in [3.8, 4) is 0 Å². The molecule has 0 radical (unpaired) electrons. The summed E-state index contributed by atoms with van der Waals surface area (Å²) in [6.07, 6.45) is -3.42. The molecule has 3 heterocycles. The number of thioether (sulfide) groups is 1. The monoisotopic (exact) mass is 602 g/mol. The Bertz CT molecular complexity index is 1140. The molecular formula is C20H19BrF3N4NaO6S. The van der Waals surface area contributed by atoms with Crippen molar-refractivity contribution in [2.45, 2.75) is 56.2 Å². The molecule has 3 aliphatic rings. The van der Waals surface area contributed by atoms with Gasteiger partial charge in [0, 0.05) is 30.6 Å². The van der Waals surface area contributed by atoms with Crippen molar-refractivity contribution in [3.05, 3.63) is 27.1 Å². The average Bonchev–Trinajstić information content (AvgIpc) is 3.55. The number of rotatable bonds is 8. The molecule has 190 valence electrons. The van der Waals surface area contributed by atoms with Crippen molar-refractivity contribution in [1.29, 1.82) is 0 Å². The van der Waals surface area contributed by atoms with Gasteiger partial charge in [0.05, 0.1) is 28.4 Å². The van der Waals surface area contributed by atoms with Gasteiger partial charge in [0.25, 0.3) is 5.91 Å². The topological polar surface area (TPSA) is 134 Å². The number of fused-ring (bicyclic) bond motifs is 1. The Morgan fingerprint density at radius 1 is 1.31 bits per heavy atom. The first kappa shape index (κ1) is 29.0. The molecule has 36 heavy (non-hydrogen) atoms. The molecule has 0 spiro atoms. The number of β-lactam (4-membered cyclic amide) rings is 1. The van der Waals surface area contributed by atoms with Crippen LogP contribution in [0.15, 0.2) is 15.7 Å². The Hall–Kier alpha value is -1.55. The Morgan fingerprint density at radius 2 is 1.97 bits per heavy atom. The fraction of sp³-hybridized carbons (Fsp3) is 0.550. The third-order valence-electron chi connectivity index (χ3n) is 5.72. The van der Waals surface area contributed by atoms with Crippen molar-refractivity contribution in [3.63, 3.8) is 0 Å². The Balaban J connectivity index is 0.00000361. The van der Waals surface area contributed by atoms with E-state index in [1.165, 1.54) is 16.4 Å². The molecule has 1 aliphatic carbocycles. The van der Waals surface area contributed by atoms with Crippen LogP contribution >= 0.6 is 27.7 Å². The van der Waals surface area contributed by atoms with Gasteiger partial charge in [-0.25, -0.2) is 0 Å². The number of ether oxygens (including phenoxy) is 1. The molecule has 0 aromatic carbocycles. The number of aromatic nitrogens is 2. The van der Waals surface area contributed by atoms with Gasteiger partial charge in [0.2, 0.25) is 5.91 Å². The van der Waals surface area contributed by atoms with E-state index in [0.717, 1.165) is 24.7 Å². The molecule has 1 aromatic rings. The first-order chi connectivity index (χ1) is 16.4. The quantitative estimate of drug-likeness (QED) is 0.203. The van der Waals surface area contributed by atoms with Crippen molar-refractivity contribution >= 4 is 51.4 Å². The minimum atomic E-state index is -4.64. The van der Waals surface area contributed by atoms with E-state index in [-0.39, 0.29) is 76.5 Å². The maximum Gasteiger partial charge on any atom is 1.00 e. The number of hydrogen-bond donors (Lipinski definition) is 1. The maximum atomic E-state index is 13.3. The molecule has 2 fully saturated rings. The molecule has 2 unspecified atom stereocenters. The van der Waals surface area contributed by atoms with Crippen molar-refractivity contribution < 1.29 is 71.8 Å². The van der Waals surface area contributed by atoms with E-state index in [4.69, 9.17) is 4.74 Å². The first-order valence-corrected chi connectivity index (χ1v) is 12.4. The summed E-state index contributed by atoms with van der Waals surface area (Å²) in [6, 6.07) is -1.00. The smallest absolute Gasteiger partial charge is 0.543 e. The summed E-state index contributed by atoms with van der Waals surface area (Å²) in [5.41, 5.74) is -0.838. The second kappa shape index (κ2) is 11.1. The van der Waals surface area contributed by atoms with Gasteiger partial charge in [-0.2, -0.15) is 18.3 Å². The number of carboxylic acid groups (broad SMARTS) is 1. The van der Waals surface area contributed by atoms with Crippen LogP contribution in [0.5, 0.6) is 0 Å². The molecule has 2 amide bonds. The standard InChI is InChI=1S/C20H20BrF3N4O6S.Na/c1-8(29)34-6-10-7-35-18-13(17(31)28(18)15(10)19(32)33)25-11(30)4-5-27-14(9-2-3-9)12(21)16(26-27)20(22,23)24;/h9,13,18H,2-7H2,1H3,(H,25,30)(H,32,33);/q;+1/p-1. The first-order valence-electron chi connectivity index (χ1n) is 10.5. The van der Waals surface area contributed by atoms with E-state index in [9.17, 15) is 37.5 Å². The van der Waals surface area contributed by atoms with Gasteiger partial charge in [-0.05, 0) is 28.8 Å². The van der Waals surface area contributed by atoms with Crippen LogP contribution in [0.4, 0.5) is 13.2 Å². The van der Waals surface area contributed by atoms with Crippen LogP contribution in [0.1, 0.15) is 43.5 Å². The number of halogens is 4. The molecule has 1 saturated heterocycles. The summed E-state index contributed by atoms with van der Waals surface area (Å²) >= 11 is 4.18. The van der Waals surface area contributed by atoms with Crippen LogP contribution in [-0.4, -0.2) is 62.2 Å². The molecule has 2 aliphatic heterocycles. The van der Waals surface area contributed by atoms with E-state index in [1.807, 2.05) is 0 Å². The van der Waals surface area contributed by atoms with E-state index in [2.05, 4.69) is 26.3 Å². The van der Waals surface area contributed by atoms with Gasteiger partial charge in [-0.1, -0.05) is 0 Å². The van der Waals surface area contributed by atoms with Crippen LogP contribution < -0.4 is 40.0 Å². The van der Waals surface area contributed by atoms with Gasteiger partial charge in [0.15, 0.2) is 5.69 Å². The number of aryl methyl sites for hydroxylation is 1. The zero-order valence-corrected chi connectivity index (χ0v) is 23.6. The molecule has 2 atom stereocenters. The van der Waals surface area contributed by atoms with Gasteiger partial charge in [-0.3, -0.25) is 24.0 Å². The van der Waals surface area contributed by atoms with Gasteiger partial charge in [-0.15, -0.1) is 11.8 Å². The molecule has 1 N–H and O–H groups in total. The van der Waals surface area contributed by atoms with E-state index in [0.29, 0.717) is 5.69 Å². The number of carboxylic acids is 1. The predicted octanol–water partition coefficient (Wildman–Crippen LogP) is -2.10. The number of aliphatic carboxylic acids is 1. The molecule has 16 heteroatoms. The molecule has 4 rings (SSSR count). The van der Waals surface area contributed by atoms with Crippen molar-refractivity contribution in [1.82, 2.24) is 20.0 Å². The third kappa shape index (κ3) is 5.79.